The molecule has 0 saturated heterocycles. The molecule has 0 bridgehead atoms. The van der Waals surface area contributed by atoms with Crippen LogP contribution in [-0.4, -0.2) is 25.7 Å². The van der Waals surface area contributed by atoms with Crippen molar-refractivity contribution in [1.29, 1.82) is 0 Å². The maximum absolute atomic E-state index is 6.51. The highest BCUT2D eigenvalue weighted by Crippen LogP contribution is 2.36. The number of aryl methyl sites for hydroxylation is 1. The molecular formula is C26H26BrNO2. The van der Waals surface area contributed by atoms with Gasteiger partial charge < -0.3 is 9.47 Å². The fourth-order valence-corrected chi connectivity index (χ4v) is 4.47. The molecule has 1 heterocycles. The normalized spacial score (nSPS) is 19.2. The van der Waals surface area contributed by atoms with Crippen LogP contribution in [-0.2, 0) is 15.9 Å². The number of hydrogen-bond donors (Lipinski definition) is 0. The molecule has 4 rings (SSSR count). The van der Waals surface area contributed by atoms with Gasteiger partial charge in [-0.25, -0.2) is 4.99 Å². The van der Waals surface area contributed by atoms with E-state index in [-0.39, 0.29) is 18.1 Å². The molecule has 1 aliphatic rings. The molecule has 0 spiro atoms. The molecule has 3 nitrogen and oxygen atoms in total. The highest BCUT2D eigenvalue weighted by molar-refractivity contribution is 9.10. The number of benzene rings is 3. The zero-order valence-corrected chi connectivity index (χ0v) is 18.7. The van der Waals surface area contributed by atoms with Gasteiger partial charge in [-0.15, -0.1) is 0 Å². The van der Waals surface area contributed by atoms with E-state index in [1.165, 1.54) is 11.1 Å². The topological polar surface area (TPSA) is 30.8 Å². The number of halogens is 1. The summed E-state index contributed by atoms with van der Waals surface area (Å²) in [6, 6.07) is 29.2. The van der Waals surface area contributed by atoms with E-state index in [4.69, 9.17) is 14.5 Å². The van der Waals surface area contributed by atoms with Crippen molar-refractivity contribution in [2.24, 2.45) is 4.99 Å². The van der Waals surface area contributed by atoms with Crippen LogP contribution in [0.3, 0.4) is 0 Å². The highest BCUT2D eigenvalue weighted by atomic mass is 79.9. The Labute approximate surface area is 186 Å². The molecule has 4 heteroatoms. The van der Waals surface area contributed by atoms with Crippen LogP contribution < -0.4 is 0 Å². The second-order valence-electron chi connectivity index (χ2n) is 7.53. The number of ether oxygens (including phenoxy) is 2. The first kappa shape index (κ1) is 20.8. The number of rotatable bonds is 8. The van der Waals surface area contributed by atoms with Crippen molar-refractivity contribution in [1.82, 2.24) is 0 Å². The number of nitrogens with zero attached hydrogens (tertiary/aromatic N) is 1. The summed E-state index contributed by atoms with van der Waals surface area (Å²) in [5.74, 6) is 0.913. The summed E-state index contributed by atoms with van der Waals surface area (Å²) in [6.45, 7) is 0.537. The van der Waals surface area contributed by atoms with E-state index in [0.717, 1.165) is 28.8 Å². The molecule has 0 aliphatic carbocycles. The largest absolute Gasteiger partial charge is 0.470 e. The molecule has 1 unspecified atom stereocenters. The van der Waals surface area contributed by atoms with Gasteiger partial charge in [0, 0.05) is 11.6 Å². The standard InChI is InChI=1S/C26H26BrNO2/c1-29-18-24-25(21-13-6-3-7-14-21)30-26(28-24)22(19-10-4-2-5-11-19)17-16-20-12-8-9-15-23(20)27/h2-15,22,24-25H,16-18H2,1H3/t22?,24-,25-/m0/s1. The van der Waals surface area contributed by atoms with Crippen molar-refractivity contribution in [3.05, 3.63) is 106 Å². The van der Waals surface area contributed by atoms with Crippen molar-refractivity contribution in [3.63, 3.8) is 0 Å². The first-order chi connectivity index (χ1) is 14.8. The molecule has 0 radical (unpaired) electrons. The van der Waals surface area contributed by atoms with Crippen LogP contribution in [0.4, 0.5) is 0 Å². The Hall–Kier alpha value is -2.43. The maximum atomic E-state index is 6.51. The van der Waals surface area contributed by atoms with Crippen LogP contribution in [0.1, 0.15) is 35.1 Å². The Morgan fingerprint density at radius 2 is 1.60 bits per heavy atom. The Kier molecular flexibility index (Phi) is 6.98. The first-order valence-electron chi connectivity index (χ1n) is 10.3. The van der Waals surface area contributed by atoms with Gasteiger partial charge in [-0.3, -0.25) is 0 Å². The smallest absolute Gasteiger partial charge is 0.192 e. The van der Waals surface area contributed by atoms with Crippen LogP contribution in [0, 0.1) is 0 Å². The average Bonchev–Trinajstić information content (AvgIpc) is 3.20. The first-order valence-corrected chi connectivity index (χ1v) is 11.1. The fourth-order valence-electron chi connectivity index (χ4n) is 3.99. The van der Waals surface area contributed by atoms with Crippen LogP contribution in [0.5, 0.6) is 0 Å². The monoisotopic (exact) mass is 463 g/mol. The Bertz CT molecular complexity index is 975. The Morgan fingerprint density at radius 3 is 2.30 bits per heavy atom. The van der Waals surface area contributed by atoms with Gasteiger partial charge in [0.25, 0.3) is 0 Å². The van der Waals surface area contributed by atoms with E-state index in [1.807, 2.05) is 30.3 Å². The minimum atomic E-state index is -0.115. The summed E-state index contributed by atoms with van der Waals surface area (Å²) in [6.07, 6.45) is 1.75. The van der Waals surface area contributed by atoms with Crippen LogP contribution >= 0.6 is 15.9 Å². The van der Waals surface area contributed by atoms with E-state index in [9.17, 15) is 0 Å². The molecule has 154 valence electrons. The molecule has 3 aromatic rings. The van der Waals surface area contributed by atoms with Crippen molar-refractivity contribution >= 4 is 21.8 Å². The van der Waals surface area contributed by atoms with E-state index >= 15 is 0 Å². The molecule has 0 amide bonds. The Morgan fingerprint density at radius 1 is 0.933 bits per heavy atom. The van der Waals surface area contributed by atoms with Crippen molar-refractivity contribution < 1.29 is 9.47 Å². The minimum Gasteiger partial charge on any atom is -0.470 e. The van der Waals surface area contributed by atoms with Crippen LogP contribution in [0.2, 0.25) is 0 Å². The van der Waals surface area contributed by atoms with Crippen molar-refractivity contribution in [2.75, 3.05) is 13.7 Å². The van der Waals surface area contributed by atoms with Gasteiger partial charge in [-0.2, -0.15) is 0 Å². The third kappa shape index (κ3) is 4.82. The lowest BCUT2D eigenvalue weighted by Crippen LogP contribution is -2.19. The fraction of sp³-hybridized carbons (Fsp3) is 0.269. The van der Waals surface area contributed by atoms with Gasteiger partial charge in [0.1, 0.15) is 12.1 Å². The van der Waals surface area contributed by atoms with Gasteiger partial charge >= 0.3 is 0 Å². The van der Waals surface area contributed by atoms with Crippen LogP contribution in [0.15, 0.2) is 94.4 Å². The zero-order chi connectivity index (χ0) is 20.8. The maximum Gasteiger partial charge on any atom is 0.192 e. The molecule has 0 aromatic heterocycles. The summed E-state index contributed by atoms with van der Waals surface area (Å²) in [5.41, 5.74) is 3.66. The molecule has 0 saturated carbocycles. The lowest BCUT2D eigenvalue weighted by atomic mass is 9.92. The van der Waals surface area contributed by atoms with Gasteiger partial charge in [0.15, 0.2) is 5.90 Å². The quantitative estimate of drug-likeness (QED) is 0.389. The molecule has 30 heavy (non-hydrogen) atoms. The predicted octanol–water partition coefficient (Wildman–Crippen LogP) is 6.35. The summed E-state index contributed by atoms with van der Waals surface area (Å²) in [4.78, 5) is 5.00. The van der Waals surface area contributed by atoms with E-state index in [2.05, 4.69) is 70.5 Å². The summed E-state index contributed by atoms with van der Waals surface area (Å²) in [7, 11) is 1.72. The third-order valence-corrected chi connectivity index (χ3v) is 6.29. The highest BCUT2D eigenvalue weighted by Gasteiger charge is 2.36. The van der Waals surface area contributed by atoms with E-state index in [1.54, 1.807) is 7.11 Å². The second kappa shape index (κ2) is 10.1. The third-order valence-electron chi connectivity index (χ3n) is 5.52. The van der Waals surface area contributed by atoms with Crippen molar-refractivity contribution in [2.45, 2.75) is 30.9 Å². The predicted molar refractivity (Wildman–Crippen MR) is 125 cm³/mol. The molecule has 0 fully saturated rings. The summed E-state index contributed by atoms with van der Waals surface area (Å²) < 4.78 is 13.1. The second-order valence-corrected chi connectivity index (χ2v) is 8.39. The number of hydrogen-bond acceptors (Lipinski definition) is 3. The lowest BCUT2D eigenvalue weighted by molar-refractivity contribution is 0.118. The SMILES string of the molecule is COC[C@@H]1N=C(C(CCc2ccccc2Br)c2ccccc2)O[C@H]1c1ccccc1. The van der Waals surface area contributed by atoms with Crippen molar-refractivity contribution in [3.8, 4) is 0 Å². The summed E-state index contributed by atoms with van der Waals surface area (Å²) in [5, 5.41) is 0. The van der Waals surface area contributed by atoms with Gasteiger partial charge in [-0.1, -0.05) is 94.8 Å². The molecule has 3 atom stereocenters. The average molecular weight is 464 g/mol. The number of methoxy groups -OCH3 is 1. The summed E-state index contributed by atoms with van der Waals surface area (Å²) >= 11 is 3.68. The minimum absolute atomic E-state index is 0.0397. The Balaban J connectivity index is 1.61. The molecule has 1 aliphatic heterocycles. The van der Waals surface area contributed by atoms with Gasteiger partial charge in [0.2, 0.25) is 0 Å². The van der Waals surface area contributed by atoms with E-state index < -0.39 is 0 Å². The van der Waals surface area contributed by atoms with Gasteiger partial charge in [0.05, 0.1) is 12.5 Å². The van der Waals surface area contributed by atoms with Crippen LogP contribution in [0.25, 0.3) is 0 Å². The zero-order valence-electron chi connectivity index (χ0n) is 17.1. The van der Waals surface area contributed by atoms with E-state index in [0.29, 0.717) is 6.61 Å². The molecule has 3 aromatic carbocycles. The molecule has 0 N–H and O–H groups in total. The molecular weight excluding hydrogens is 438 g/mol. The van der Waals surface area contributed by atoms with Gasteiger partial charge in [-0.05, 0) is 35.6 Å². The lowest BCUT2D eigenvalue weighted by Gasteiger charge is -2.21. The number of aliphatic imine (C=N–C) groups is 1.